The molecule has 0 radical (unpaired) electrons. The normalized spacial score (nSPS) is 13.9. The molecule has 0 saturated heterocycles. The number of amides is 3. The molecule has 8 nitrogen and oxygen atoms in total. The molecule has 0 fully saturated rings. The number of nitrogens with one attached hydrogen (secondary N) is 2. The minimum atomic E-state index is -1.03. The maximum Gasteiger partial charge on any atom is 0.408 e. The van der Waals surface area contributed by atoms with Gasteiger partial charge in [0.15, 0.2) is 0 Å². The van der Waals surface area contributed by atoms with Crippen LogP contribution in [0.5, 0.6) is 5.75 Å². The second-order valence-corrected chi connectivity index (χ2v) is 10.0. The van der Waals surface area contributed by atoms with Gasteiger partial charge >= 0.3 is 6.09 Å². The van der Waals surface area contributed by atoms with Crippen LogP contribution in [0.3, 0.4) is 0 Å². The highest BCUT2D eigenvalue weighted by Crippen LogP contribution is 2.30. The number of benzene rings is 1. The SMILES string of the molecule is CCCCCNC(=O)C(c1ccccc1O)N(CCC)C(=O)C(NC(=O)OC(C)(C)C)C(C)CC. The Morgan fingerprint density at radius 2 is 1.71 bits per heavy atom. The summed E-state index contributed by atoms with van der Waals surface area (Å²) in [5, 5.41) is 16.3. The largest absolute Gasteiger partial charge is 0.508 e. The molecule has 1 aromatic rings. The summed E-state index contributed by atoms with van der Waals surface area (Å²) in [4.78, 5) is 41.4. The molecule has 1 rings (SSSR count). The molecular weight excluding hydrogens is 446 g/mol. The van der Waals surface area contributed by atoms with Gasteiger partial charge in [-0.15, -0.1) is 0 Å². The number of carbonyl (C=O) groups excluding carboxylic acids is 3. The molecule has 1 aromatic carbocycles. The van der Waals surface area contributed by atoms with E-state index in [9.17, 15) is 19.5 Å². The molecule has 35 heavy (non-hydrogen) atoms. The summed E-state index contributed by atoms with van der Waals surface area (Å²) in [5.74, 6) is -1.00. The van der Waals surface area contributed by atoms with Gasteiger partial charge in [0.2, 0.25) is 11.8 Å². The lowest BCUT2D eigenvalue weighted by Gasteiger charge is -2.36. The van der Waals surface area contributed by atoms with E-state index in [1.165, 1.54) is 11.0 Å². The third-order valence-electron chi connectivity index (χ3n) is 5.77. The van der Waals surface area contributed by atoms with E-state index < -0.39 is 23.8 Å². The van der Waals surface area contributed by atoms with E-state index in [1.807, 2.05) is 20.8 Å². The van der Waals surface area contributed by atoms with Crippen molar-refractivity contribution in [1.82, 2.24) is 15.5 Å². The topological polar surface area (TPSA) is 108 Å². The number of hydrogen-bond acceptors (Lipinski definition) is 5. The average molecular weight is 492 g/mol. The number of phenolic OH excluding ortho intramolecular Hbond substituents is 1. The van der Waals surface area contributed by atoms with Gasteiger partial charge in [0.05, 0.1) is 0 Å². The number of unbranched alkanes of at least 4 members (excludes halogenated alkanes) is 2. The number of carbonyl (C=O) groups is 3. The molecule has 0 aliphatic rings. The Kier molecular flexibility index (Phi) is 12.6. The van der Waals surface area contributed by atoms with Gasteiger partial charge in [-0.25, -0.2) is 4.79 Å². The first-order valence-electron chi connectivity index (χ1n) is 12.8. The van der Waals surface area contributed by atoms with Crippen LogP contribution in [-0.4, -0.2) is 52.6 Å². The molecule has 0 heterocycles. The van der Waals surface area contributed by atoms with Gasteiger partial charge in [0.1, 0.15) is 23.4 Å². The van der Waals surface area contributed by atoms with Crippen LogP contribution in [0.1, 0.15) is 92.2 Å². The van der Waals surface area contributed by atoms with Crippen LogP contribution in [-0.2, 0) is 14.3 Å². The lowest BCUT2D eigenvalue weighted by atomic mass is 9.95. The molecule has 3 N–H and O–H groups in total. The molecule has 0 spiro atoms. The maximum atomic E-state index is 13.9. The van der Waals surface area contributed by atoms with Gasteiger partial charge in [0, 0.05) is 18.7 Å². The van der Waals surface area contributed by atoms with Crippen molar-refractivity contribution in [3.63, 3.8) is 0 Å². The molecule has 3 atom stereocenters. The van der Waals surface area contributed by atoms with Crippen LogP contribution in [0.2, 0.25) is 0 Å². The fourth-order valence-corrected chi connectivity index (χ4v) is 3.76. The fourth-order valence-electron chi connectivity index (χ4n) is 3.76. The molecule has 0 bridgehead atoms. The van der Waals surface area contributed by atoms with E-state index in [-0.39, 0.29) is 30.0 Å². The van der Waals surface area contributed by atoms with Crippen molar-refractivity contribution in [3.05, 3.63) is 29.8 Å². The highest BCUT2D eigenvalue weighted by molar-refractivity contribution is 5.92. The number of para-hydroxylation sites is 1. The Balaban J connectivity index is 3.39. The van der Waals surface area contributed by atoms with Crippen LogP contribution < -0.4 is 10.6 Å². The fraction of sp³-hybridized carbons (Fsp3) is 0.667. The Morgan fingerprint density at radius 1 is 1.06 bits per heavy atom. The Morgan fingerprint density at radius 3 is 2.26 bits per heavy atom. The summed E-state index contributed by atoms with van der Waals surface area (Å²) in [7, 11) is 0. The van der Waals surface area contributed by atoms with Crippen molar-refractivity contribution in [3.8, 4) is 5.75 Å². The molecule has 198 valence electrons. The van der Waals surface area contributed by atoms with Crippen LogP contribution in [0, 0.1) is 5.92 Å². The Labute approximate surface area is 210 Å². The van der Waals surface area contributed by atoms with E-state index >= 15 is 0 Å². The number of hydrogen-bond donors (Lipinski definition) is 3. The van der Waals surface area contributed by atoms with Crippen LogP contribution in [0.4, 0.5) is 4.79 Å². The van der Waals surface area contributed by atoms with Crippen LogP contribution >= 0.6 is 0 Å². The highest BCUT2D eigenvalue weighted by atomic mass is 16.6. The van der Waals surface area contributed by atoms with Gasteiger partial charge in [-0.05, 0) is 45.6 Å². The van der Waals surface area contributed by atoms with Gasteiger partial charge in [-0.1, -0.05) is 65.2 Å². The molecular formula is C27H45N3O5. The first-order valence-corrected chi connectivity index (χ1v) is 12.8. The summed E-state index contributed by atoms with van der Waals surface area (Å²) in [6.07, 6.45) is 3.37. The van der Waals surface area contributed by atoms with Crippen molar-refractivity contribution >= 4 is 17.9 Å². The van der Waals surface area contributed by atoms with Crippen molar-refractivity contribution in [2.75, 3.05) is 13.1 Å². The lowest BCUT2D eigenvalue weighted by Crippen LogP contribution is -2.55. The summed E-state index contributed by atoms with van der Waals surface area (Å²) in [5.41, 5.74) is -0.366. The van der Waals surface area contributed by atoms with Crippen molar-refractivity contribution < 1.29 is 24.2 Å². The second kappa shape index (κ2) is 14.6. The van der Waals surface area contributed by atoms with E-state index in [2.05, 4.69) is 17.6 Å². The molecule has 0 aromatic heterocycles. The minimum absolute atomic E-state index is 0.0599. The summed E-state index contributed by atoms with van der Waals surface area (Å²) in [6.45, 7) is 13.9. The van der Waals surface area contributed by atoms with E-state index in [0.717, 1.165) is 19.3 Å². The molecule has 0 aliphatic carbocycles. The number of ether oxygens (including phenoxy) is 1. The predicted molar refractivity (Wildman–Crippen MR) is 138 cm³/mol. The summed E-state index contributed by atoms with van der Waals surface area (Å²) >= 11 is 0. The van der Waals surface area contributed by atoms with E-state index in [1.54, 1.807) is 39.0 Å². The second-order valence-electron chi connectivity index (χ2n) is 10.0. The smallest absolute Gasteiger partial charge is 0.408 e. The quantitative estimate of drug-likeness (QED) is 0.340. The Hall–Kier alpha value is -2.77. The molecule has 0 saturated carbocycles. The number of rotatable bonds is 13. The monoisotopic (exact) mass is 491 g/mol. The van der Waals surface area contributed by atoms with Gasteiger partial charge in [-0.2, -0.15) is 0 Å². The summed E-state index contributed by atoms with van der Waals surface area (Å²) < 4.78 is 5.40. The first-order chi connectivity index (χ1) is 16.5. The Bertz CT molecular complexity index is 821. The van der Waals surface area contributed by atoms with Gasteiger partial charge < -0.3 is 25.4 Å². The van der Waals surface area contributed by atoms with E-state index in [0.29, 0.717) is 24.9 Å². The van der Waals surface area contributed by atoms with Crippen LogP contribution in [0.15, 0.2) is 24.3 Å². The third-order valence-corrected chi connectivity index (χ3v) is 5.77. The number of nitrogens with zero attached hydrogens (tertiary/aromatic N) is 1. The van der Waals surface area contributed by atoms with Crippen LogP contribution in [0.25, 0.3) is 0 Å². The molecule has 3 amide bonds. The molecule has 8 heteroatoms. The van der Waals surface area contributed by atoms with E-state index in [4.69, 9.17) is 4.74 Å². The summed E-state index contributed by atoms with van der Waals surface area (Å²) in [6, 6.07) is 4.65. The number of phenols is 1. The van der Waals surface area contributed by atoms with Gasteiger partial charge in [-0.3, -0.25) is 9.59 Å². The zero-order chi connectivity index (χ0) is 26.6. The van der Waals surface area contributed by atoms with Crippen molar-refractivity contribution in [1.29, 1.82) is 0 Å². The number of aromatic hydroxyl groups is 1. The maximum absolute atomic E-state index is 13.9. The zero-order valence-corrected chi connectivity index (χ0v) is 22.5. The van der Waals surface area contributed by atoms with Crippen molar-refractivity contribution in [2.45, 2.75) is 98.3 Å². The highest BCUT2D eigenvalue weighted by Gasteiger charge is 2.38. The molecule has 0 aliphatic heterocycles. The predicted octanol–water partition coefficient (Wildman–Crippen LogP) is 4.92. The standard InChI is InChI=1S/C27H45N3O5/c1-8-11-14-17-28-24(32)23(20-15-12-13-16-21(20)31)30(18-9-2)25(33)22(19(4)10-3)29-26(34)35-27(5,6)7/h12-13,15-16,19,22-23,31H,8-11,14,17-18H2,1-7H3,(H,28,32)(H,29,34). The minimum Gasteiger partial charge on any atom is -0.508 e. The van der Waals surface area contributed by atoms with Gasteiger partial charge in [0.25, 0.3) is 0 Å². The lowest BCUT2D eigenvalue weighted by molar-refractivity contribution is -0.143. The first kappa shape index (κ1) is 30.3. The zero-order valence-electron chi connectivity index (χ0n) is 22.5. The molecule has 3 unspecified atom stereocenters. The van der Waals surface area contributed by atoms with Crippen molar-refractivity contribution in [2.24, 2.45) is 5.92 Å². The number of alkyl carbamates (subject to hydrolysis) is 1. The third kappa shape index (κ3) is 9.78. The average Bonchev–Trinajstić information content (AvgIpc) is 2.79.